The van der Waals surface area contributed by atoms with E-state index in [2.05, 4.69) is 24.5 Å². The van der Waals surface area contributed by atoms with Crippen LogP contribution >= 0.6 is 0 Å². The lowest BCUT2D eigenvalue weighted by atomic mass is 9.78. The summed E-state index contributed by atoms with van der Waals surface area (Å²) < 4.78 is 0. The monoisotopic (exact) mass is 335 g/mol. The van der Waals surface area contributed by atoms with Gasteiger partial charge in [-0.05, 0) is 31.1 Å². The van der Waals surface area contributed by atoms with E-state index < -0.39 is 5.54 Å². The summed E-state index contributed by atoms with van der Waals surface area (Å²) in [6, 6.07) is -0.125. The maximum absolute atomic E-state index is 12.5. The number of amides is 4. The van der Waals surface area contributed by atoms with Gasteiger partial charge in [0, 0.05) is 19.0 Å². The molecular formula is C18H29N3O3. The summed E-state index contributed by atoms with van der Waals surface area (Å²) in [6.07, 6.45) is 6.95. The van der Waals surface area contributed by atoms with Crippen molar-refractivity contribution in [3.63, 3.8) is 0 Å². The SMILES string of the molecule is C[C@@H]1[C@H](C)CCC[C@@H]1NC(=O)CCN1C(=O)NC2(CCCC2)C1=O. The summed E-state index contributed by atoms with van der Waals surface area (Å²) in [5.74, 6) is 0.893. The van der Waals surface area contributed by atoms with Crippen LogP contribution in [0.4, 0.5) is 4.79 Å². The molecule has 3 atom stereocenters. The van der Waals surface area contributed by atoms with Crippen molar-refractivity contribution in [3.8, 4) is 0 Å². The molecule has 6 heteroatoms. The van der Waals surface area contributed by atoms with Crippen LogP contribution in [0, 0.1) is 11.8 Å². The Balaban J connectivity index is 1.51. The van der Waals surface area contributed by atoms with E-state index in [-0.39, 0.29) is 36.9 Å². The van der Waals surface area contributed by atoms with Crippen LogP contribution in [0.15, 0.2) is 0 Å². The van der Waals surface area contributed by atoms with Crippen molar-refractivity contribution in [2.24, 2.45) is 11.8 Å². The van der Waals surface area contributed by atoms with E-state index in [0.29, 0.717) is 11.8 Å². The number of imide groups is 1. The van der Waals surface area contributed by atoms with Gasteiger partial charge in [-0.25, -0.2) is 4.79 Å². The summed E-state index contributed by atoms with van der Waals surface area (Å²) in [5.41, 5.74) is -0.680. The molecule has 1 heterocycles. The molecule has 0 aromatic heterocycles. The molecule has 3 rings (SSSR count). The van der Waals surface area contributed by atoms with E-state index in [9.17, 15) is 14.4 Å². The molecule has 1 spiro atoms. The highest BCUT2D eigenvalue weighted by atomic mass is 16.2. The lowest BCUT2D eigenvalue weighted by Gasteiger charge is -2.34. The highest BCUT2D eigenvalue weighted by Gasteiger charge is 2.52. The minimum absolute atomic E-state index is 0.0612. The van der Waals surface area contributed by atoms with Crippen molar-refractivity contribution in [1.29, 1.82) is 0 Å². The number of rotatable bonds is 4. The van der Waals surface area contributed by atoms with Gasteiger partial charge in [0.2, 0.25) is 5.91 Å². The van der Waals surface area contributed by atoms with E-state index in [1.165, 1.54) is 11.3 Å². The molecule has 6 nitrogen and oxygen atoms in total. The number of hydrogen-bond acceptors (Lipinski definition) is 3. The summed E-state index contributed by atoms with van der Waals surface area (Å²) >= 11 is 0. The fourth-order valence-corrected chi connectivity index (χ4v) is 4.47. The number of nitrogens with zero attached hydrogens (tertiary/aromatic N) is 1. The average molecular weight is 335 g/mol. The van der Waals surface area contributed by atoms with Gasteiger partial charge in [0.05, 0.1) is 0 Å². The number of carbonyl (C=O) groups is 3. The predicted molar refractivity (Wildman–Crippen MR) is 90.2 cm³/mol. The topological polar surface area (TPSA) is 78.5 Å². The van der Waals surface area contributed by atoms with Gasteiger partial charge in [0.1, 0.15) is 5.54 Å². The van der Waals surface area contributed by atoms with Crippen LogP contribution in [-0.2, 0) is 9.59 Å². The van der Waals surface area contributed by atoms with E-state index in [1.807, 2.05) is 0 Å². The third-order valence-electron chi connectivity index (χ3n) is 6.32. The lowest BCUT2D eigenvalue weighted by Crippen LogP contribution is -2.45. The molecule has 0 aromatic rings. The highest BCUT2D eigenvalue weighted by Crippen LogP contribution is 2.35. The molecule has 3 aliphatic rings. The second kappa shape index (κ2) is 6.73. The van der Waals surface area contributed by atoms with Gasteiger partial charge in [-0.2, -0.15) is 0 Å². The van der Waals surface area contributed by atoms with Crippen molar-refractivity contribution < 1.29 is 14.4 Å². The van der Waals surface area contributed by atoms with Gasteiger partial charge in [0.25, 0.3) is 5.91 Å². The molecule has 0 bridgehead atoms. The molecule has 4 amide bonds. The minimum Gasteiger partial charge on any atom is -0.353 e. The first-order chi connectivity index (χ1) is 11.4. The van der Waals surface area contributed by atoms with Crippen LogP contribution in [0.25, 0.3) is 0 Å². The van der Waals surface area contributed by atoms with Crippen LogP contribution in [-0.4, -0.2) is 40.9 Å². The molecule has 134 valence electrons. The zero-order valence-electron chi connectivity index (χ0n) is 14.8. The summed E-state index contributed by atoms with van der Waals surface area (Å²) in [7, 11) is 0. The highest BCUT2D eigenvalue weighted by molar-refractivity contribution is 6.07. The molecule has 0 radical (unpaired) electrons. The normalized spacial score (nSPS) is 32.2. The molecule has 24 heavy (non-hydrogen) atoms. The molecule has 2 N–H and O–H groups in total. The van der Waals surface area contributed by atoms with Crippen LogP contribution in [0.2, 0.25) is 0 Å². The van der Waals surface area contributed by atoms with Gasteiger partial charge >= 0.3 is 6.03 Å². The van der Waals surface area contributed by atoms with Crippen molar-refractivity contribution in [1.82, 2.24) is 15.5 Å². The van der Waals surface area contributed by atoms with E-state index in [0.717, 1.165) is 38.5 Å². The van der Waals surface area contributed by atoms with Gasteiger partial charge in [0.15, 0.2) is 0 Å². The third kappa shape index (κ3) is 3.15. The minimum atomic E-state index is -0.680. The quantitative estimate of drug-likeness (QED) is 0.773. The summed E-state index contributed by atoms with van der Waals surface area (Å²) in [4.78, 5) is 38.2. The van der Waals surface area contributed by atoms with Gasteiger partial charge < -0.3 is 10.6 Å². The number of urea groups is 1. The maximum atomic E-state index is 12.5. The molecule has 1 aliphatic heterocycles. The second-order valence-electron chi connectivity index (χ2n) is 7.87. The largest absolute Gasteiger partial charge is 0.353 e. The van der Waals surface area contributed by atoms with Crippen LogP contribution < -0.4 is 10.6 Å². The fraction of sp³-hybridized carbons (Fsp3) is 0.833. The Morgan fingerprint density at radius 1 is 1.21 bits per heavy atom. The number of nitrogens with one attached hydrogen (secondary N) is 2. The van der Waals surface area contributed by atoms with E-state index in [4.69, 9.17) is 0 Å². The third-order valence-corrected chi connectivity index (χ3v) is 6.32. The Hall–Kier alpha value is -1.59. The first kappa shape index (κ1) is 17.2. The molecule has 2 saturated carbocycles. The molecule has 1 saturated heterocycles. The molecular weight excluding hydrogens is 306 g/mol. The second-order valence-corrected chi connectivity index (χ2v) is 7.87. The standard InChI is InChI=1S/C18H29N3O3/c1-12-6-5-7-14(13(12)2)19-15(22)8-11-21-16(23)18(20-17(21)24)9-3-4-10-18/h12-14H,3-11H2,1-2H3,(H,19,22)(H,20,24)/t12-,13-,14+/m1/s1. The van der Waals surface area contributed by atoms with Crippen molar-refractivity contribution >= 4 is 17.8 Å². The Bertz CT molecular complexity index is 528. The first-order valence-corrected chi connectivity index (χ1v) is 9.36. The van der Waals surface area contributed by atoms with Crippen LogP contribution in [0.3, 0.4) is 0 Å². The van der Waals surface area contributed by atoms with Crippen LogP contribution in [0.5, 0.6) is 0 Å². The van der Waals surface area contributed by atoms with Gasteiger partial charge in [-0.15, -0.1) is 0 Å². The van der Waals surface area contributed by atoms with Crippen molar-refractivity contribution in [2.45, 2.75) is 76.8 Å². The molecule has 0 aromatic carbocycles. The Morgan fingerprint density at radius 3 is 2.62 bits per heavy atom. The maximum Gasteiger partial charge on any atom is 0.325 e. The van der Waals surface area contributed by atoms with Gasteiger partial charge in [-0.1, -0.05) is 39.5 Å². The molecule has 2 aliphatic carbocycles. The Kier molecular flexibility index (Phi) is 4.83. The Labute approximate surface area is 143 Å². The van der Waals surface area contributed by atoms with Gasteiger partial charge in [-0.3, -0.25) is 14.5 Å². The zero-order chi connectivity index (χ0) is 17.3. The lowest BCUT2D eigenvalue weighted by molar-refractivity contribution is -0.131. The first-order valence-electron chi connectivity index (χ1n) is 9.36. The zero-order valence-corrected chi connectivity index (χ0v) is 14.8. The van der Waals surface area contributed by atoms with Crippen molar-refractivity contribution in [2.75, 3.05) is 6.54 Å². The van der Waals surface area contributed by atoms with Crippen molar-refractivity contribution in [3.05, 3.63) is 0 Å². The fourth-order valence-electron chi connectivity index (χ4n) is 4.47. The van der Waals surface area contributed by atoms with E-state index >= 15 is 0 Å². The van der Waals surface area contributed by atoms with Crippen LogP contribution in [0.1, 0.15) is 65.2 Å². The number of carbonyl (C=O) groups excluding carboxylic acids is 3. The Morgan fingerprint density at radius 2 is 1.92 bits per heavy atom. The summed E-state index contributed by atoms with van der Waals surface area (Å²) in [6.45, 7) is 4.60. The number of hydrogen-bond donors (Lipinski definition) is 2. The predicted octanol–water partition coefficient (Wildman–Crippen LogP) is 2.18. The average Bonchev–Trinajstić information content (AvgIpc) is 3.09. The molecule has 3 fully saturated rings. The summed E-state index contributed by atoms with van der Waals surface area (Å²) in [5, 5.41) is 5.96. The van der Waals surface area contributed by atoms with E-state index in [1.54, 1.807) is 0 Å². The smallest absolute Gasteiger partial charge is 0.325 e. The molecule has 0 unspecified atom stereocenters.